The van der Waals surface area contributed by atoms with Crippen LogP contribution in [-0.2, 0) is 19.2 Å². The molecule has 216 valence electrons. The summed E-state index contributed by atoms with van der Waals surface area (Å²) in [5.74, 6) is 3.94. The first-order chi connectivity index (χ1) is 17.2. The lowest BCUT2D eigenvalue weighted by Gasteiger charge is -2.32. The summed E-state index contributed by atoms with van der Waals surface area (Å²) >= 11 is 23.5. The Labute approximate surface area is 263 Å². The summed E-state index contributed by atoms with van der Waals surface area (Å²) in [7, 11) is 0. The van der Waals surface area contributed by atoms with Crippen LogP contribution in [0.2, 0.25) is 0 Å². The molecule has 0 amide bonds. The Morgan fingerprint density at radius 3 is 0.838 bits per heavy atom. The molecule has 0 heterocycles. The van der Waals surface area contributed by atoms with Gasteiger partial charge in [-0.05, 0) is 5.41 Å². The zero-order chi connectivity index (χ0) is 28.4. The lowest BCUT2D eigenvalue weighted by molar-refractivity contribution is -0.127. The molecule has 0 aromatic carbocycles. The van der Waals surface area contributed by atoms with Crippen LogP contribution in [0.15, 0.2) is 0 Å². The highest BCUT2D eigenvalue weighted by atomic mass is 32.2. The molecule has 4 atom stereocenters. The standard InChI is InChI=1S/C25H44O4S8/c1-17(30)9-34-13-21(26)5-25(6-22(27)14-35-10-18(2)31,7-23(28)15-36-11-19(3)32)8-24(29)16-37-12-20(4)33/h17-20,30-33H,5-16H2,1-4H3. The predicted octanol–water partition coefficient (Wildman–Crippen LogP) is 6.02. The van der Waals surface area contributed by atoms with Crippen LogP contribution in [0.25, 0.3) is 0 Å². The van der Waals surface area contributed by atoms with Gasteiger partial charge >= 0.3 is 0 Å². The Hall–Kier alpha value is 1.48. The SMILES string of the molecule is CC(S)CSCC(=O)CC(CC(=O)CSCC(C)S)(CC(=O)CSCC(C)S)CC(=O)CSCC(C)S. The van der Waals surface area contributed by atoms with Gasteiger partial charge in [-0.1, -0.05) is 27.7 Å². The zero-order valence-corrected chi connectivity index (χ0v) is 29.2. The van der Waals surface area contributed by atoms with Gasteiger partial charge in [0.1, 0.15) is 23.1 Å². The quantitative estimate of drug-likeness (QED) is 0.0936. The van der Waals surface area contributed by atoms with E-state index in [1.165, 1.54) is 47.0 Å². The van der Waals surface area contributed by atoms with E-state index in [0.717, 1.165) is 23.0 Å². The number of Topliss-reactive ketones (excluding diaryl/α,β-unsaturated/α-hetero) is 4. The van der Waals surface area contributed by atoms with E-state index < -0.39 is 5.41 Å². The molecule has 12 heteroatoms. The molecule has 0 spiro atoms. The lowest BCUT2D eigenvalue weighted by Crippen LogP contribution is -2.35. The van der Waals surface area contributed by atoms with Crippen LogP contribution in [0.1, 0.15) is 53.4 Å². The van der Waals surface area contributed by atoms with Gasteiger partial charge in [-0.15, -0.1) is 0 Å². The molecule has 0 fully saturated rings. The highest BCUT2D eigenvalue weighted by molar-refractivity contribution is 8.01. The maximum atomic E-state index is 13.1. The van der Waals surface area contributed by atoms with Crippen LogP contribution in [-0.4, -0.2) is 90.2 Å². The molecule has 0 N–H and O–H groups in total. The second-order valence-corrected chi connectivity index (χ2v) is 17.5. The molecule has 4 nitrogen and oxygen atoms in total. The van der Waals surface area contributed by atoms with E-state index in [9.17, 15) is 19.2 Å². The predicted molar refractivity (Wildman–Crippen MR) is 184 cm³/mol. The highest BCUT2D eigenvalue weighted by Crippen LogP contribution is 2.38. The van der Waals surface area contributed by atoms with Crippen molar-refractivity contribution in [2.24, 2.45) is 5.41 Å². The molecular weight excluding hydrogens is 621 g/mol. The molecule has 37 heavy (non-hydrogen) atoms. The Balaban J connectivity index is 5.75. The van der Waals surface area contributed by atoms with Gasteiger partial charge in [0, 0.05) is 69.7 Å². The fourth-order valence-electron chi connectivity index (χ4n) is 3.63. The van der Waals surface area contributed by atoms with Crippen molar-refractivity contribution in [1.29, 1.82) is 0 Å². The fourth-order valence-corrected chi connectivity index (χ4v) is 8.05. The summed E-state index contributed by atoms with van der Waals surface area (Å²) in [6.07, 6.45) is 0.219. The number of thiol groups is 4. The monoisotopic (exact) mass is 664 g/mol. The molecule has 0 aliphatic rings. The van der Waals surface area contributed by atoms with Gasteiger partial charge in [-0.3, -0.25) is 19.2 Å². The molecule has 0 saturated carbocycles. The van der Waals surface area contributed by atoms with Crippen molar-refractivity contribution in [2.45, 2.75) is 74.4 Å². The van der Waals surface area contributed by atoms with Crippen molar-refractivity contribution in [2.75, 3.05) is 46.0 Å². The number of thioether (sulfide) groups is 4. The van der Waals surface area contributed by atoms with Gasteiger partial charge in [0.25, 0.3) is 0 Å². The van der Waals surface area contributed by atoms with Crippen LogP contribution in [0.4, 0.5) is 0 Å². The van der Waals surface area contributed by atoms with Gasteiger partial charge in [0.2, 0.25) is 0 Å². The molecule has 0 aromatic rings. The van der Waals surface area contributed by atoms with E-state index in [2.05, 4.69) is 50.5 Å². The molecule has 0 saturated heterocycles. The number of rotatable bonds is 24. The molecule has 4 unspecified atom stereocenters. The molecule has 0 aromatic heterocycles. The first-order valence-corrected chi connectivity index (χ1v) is 19.0. The minimum absolute atomic E-state index is 0.0303. The van der Waals surface area contributed by atoms with Gasteiger partial charge in [-0.25, -0.2) is 0 Å². The van der Waals surface area contributed by atoms with Crippen LogP contribution >= 0.6 is 97.6 Å². The van der Waals surface area contributed by atoms with Crippen LogP contribution < -0.4 is 0 Å². The Morgan fingerprint density at radius 1 is 0.486 bits per heavy atom. The summed E-state index contributed by atoms with van der Waals surface area (Å²) in [6, 6.07) is 0. The van der Waals surface area contributed by atoms with Crippen molar-refractivity contribution in [3.8, 4) is 0 Å². The minimum atomic E-state index is -0.983. The smallest absolute Gasteiger partial charge is 0.143 e. The van der Waals surface area contributed by atoms with Gasteiger partial charge < -0.3 is 0 Å². The molecular formula is C25H44O4S8. The van der Waals surface area contributed by atoms with Crippen LogP contribution in [0.3, 0.4) is 0 Å². The molecule has 0 bridgehead atoms. The summed E-state index contributed by atoms with van der Waals surface area (Å²) in [5, 5.41) is 0.652. The van der Waals surface area contributed by atoms with Crippen molar-refractivity contribution in [1.82, 2.24) is 0 Å². The number of ketones is 4. The van der Waals surface area contributed by atoms with Crippen molar-refractivity contribution < 1.29 is 19.2 Å². The highest BCUT2D eigenvalue weighted by Gasteiger charge is 2.38. The first kappa shape index (κ1) is 38.5. The van der Waals surface area contributed by atoms with E-state index >= 15 is 0 Å². The average molecular weight is 665 g/mol. The number of carbonyl (C=O) groups is 4. The zero-order valence-electron chi connectivity index (χ0n) is 22.3. The normalized spacial score (nSPS) is 16.4. The van der Waals surface area contributed by atoms with E-state index in [1.54, 1.807) is 0 Å². The molecule has 0 radical (unpaired) electrons. The largest absolute Gasteiger partial charge is 0.299 e. The van der Waals surface area contributed by atoms with E-state index in [-0.39, 0.29) is 92.8 Å². The van der Waals surface area contributed by atoms with Crippen molar-refractivity contribution in [3.05, 3.63) is 0 Å². The average Bonchev–Trinajstić information content (AvgIpc) is 2.72. The van der Waals surface area contributed by atoms with Gasteiger partial charge in [0.15, 0.2) is 0 Å². The van der Waals surface area contributed by atoms with Crippen LogP contribution in [0.5, 0.6) is 0 Å². The number of hydrogen-bond donors (Lipinski definition) is 4. The Kier molecular flexibility index (Phi) is 23.0. The number of carbonyl (C=O) groups excluding carboxylic acids is 4. The summed E-state index contributed by atoms with van der Waals surface area (Å²) in [4.78, 5) is 52.3. The third-order valence-corrected chi connectivity index (χ3v) is 11.5. The summed E-state index contributed by atoms with van der Waals surface area (Å²) in [5.41, 5.74) is -0.983. The summed E-state index contributed by atoms with van der Waals surface area (Å²) < 4.78 is 0. The van der Waals surface area contributed by atoms with Crippen LogP contribution in [0, 0.1) is 5.41 Å². The second-order valence-electron chi connectivity index (χ2n) is 9.82. The third kappa shape index (κ3) is 22.8. The lowest BCUT2D eigenvalue weighted by atomic mass is 9.71. The van der Waals surface area contributed by atoms with Crippen molar-refractivity contribution in [3.63, 3.8) is 0 Å². The van der Waals surface area contributed by atoms with E-state index in [0.29, 0.717) is 0 Å². The minimum Gasteiger partial charge on any atom is -0.299 e. The first-order valence-electron chi connectivity index (χ1n) is 12.3. The molecule has 0 rings (SSSR count). The summed E-state index contributed by atoms with van der Waals surface area (Å²) in [6.45, 7) is 7.88. The molecule has 0 aliphatic carbocycles. The van der Waals surface area contributed by atoms with E-state index in [1.807, 2.05) is 27.7 Å². The Morgan fingerprint density at radius 2 is 0.676 bits per heavy atom. The van der Waals surface area contributed by atoms with Gasteiger partial charge in [-0.2, -0.15) is 97.6 Å². The second kappa shape index (κ2) is 22.1. The van der Waals surface area contributed by atoms with Crippen molar-refractivity contribution >= 4 is 121 Å². The third-order valence-electron chi connectivity index (χ3n) is 4.78. The maximum absolute atomic E-state index is 13.1. The maximum Gasteiger partial charge on any atom is 0.143 e. The van der Waals surface area contributed by atoms with Gasteiger partial charge in [0.05, 0.1) is 23.0 Å². The topological polar surface area (TPSA) is 68.3 Å². The molecule has 0 aliphatic heterocycles. The fraction of sp³-hybridized carbons (Fsp3) is 0.840. The Bertz CT molecular complexity index is 581. The van der Waals surface area contributed by atoms with E-state index in [4.69, 9.17) is 0 Å². The number of hydrogen-bond acceptors (Lipinski definition) is 12.